The fourth-order valence-corrected chi connectivity index (χ4v) is 2.56. The Morgan fingerprint density at radius 1 is 1.13 bits per heavy atom. The van der Waals surface area contributed by atoms with Gasteiger partial charge >= 0.3 is 0 Å². The molecule has 0 aliphatic carbocycles. The molecular weight excluding hydrogens is 292 g/mol. The van der Waals surface area contributed by atoms with E-state index in [1.807, 2.05) is 36.4 Å². The van der Waals surface area contributed by atoms with E-state index in [-0.39, 0.29) is 6.04 Å². The number of fused-ring (bicyclic) bond motifs is 2. The lowest BCUT2D eigenvalue weighted by atomic mass is 10.0. The molecule has 0 spiro atoms. The van der Waals surface area contributed by atoms with Gasteiger partial charge in [-0.3, -0.25) is 0 Å². The van der Waals surface area contributed by atoms with Gasteiger partial charge in [0.1, 0.15) is 11.6 Å². The second-order valence-electron chi connectivity index (χ2n) is 5.75. The van der Waals surface area contributed by atoms with Crippen LogP contribution in [0.15, 0.2) is 36.4 Å². The van der Waals surface area contributed by atoms with E-state index in [2.05, 4.69) is 49.8 Å². The average Bonchev–Trinajstić information content (AvgIpc) is 3.17. The summed E-state index contributed by atoms with van der Waals surface area (Å²) >= 11 is 0. The van der Waals surface area contributed by atoms with E-state index in [0.717, 1.165) is 16.9 Å². The first-order valence-corrected chi connectivity index (χ1v) is 7.47. The number of benzene rings is 1. The van der Waals surface area contributed by atoms with E-state index < -0.39 is 0 Å². The highest BCUT2D eigenvalue weighted by Gasteiger charge is 2.20. The van der Waals surface area contributed by atoms with Crippen molar-refractivity contribution in [1.82, 2.24) is 35.2 Å². The topological polar surface area (TPSA) is 96.7 Å². The Morgan fingerprint density at radius 3 is 2.83 bits per heavy atom. The fraction of sp³-hybridized carbons (Fsp3) is 0.267. The Labute approximate surface area is 131 Å². The van der Waals surface area contributed by atoms with Gasteiger partial charge in [0.05, 0.1) is 17.1 Å². The largest absolute Gasteiger partial charge is 0.358 e. The number of para-hydroxylation sites is 2. The van der Waals surface area contributed by atoms with E-state index in [1.54, 1.807) is 0 Å². The first-order valence-electron chi connectivity index (χ1n) is 7.47. The molecule has 0 aliphatic rings. The van der Waals surface area contributed by atoms with Crippen molar-refractivity contribution in [3.05, 3.63) is 42.2 Å². The molecule has 0 saturated heterocycles. The molecule has 8 nitrogen and oxygen atoms in total. The lowest BCUT2D eigenvalue weighted by Crippen LogP contribution is -2.19. The molecule has 2 N–H and O–H groups in total. The van der Waals surface area contributed by atoms with Crippen LogP contribution in [0.25, 0.3) is 16.7 Å². The fourth-order valence-electron chi connectivity index (χ4n) is 2.56. The number of tetrazole rings is 1. The molecular formula is C15H16N8. The zero-order valence-corrected chi connectivity index (χ0v) is 12.8. The Balaban J connectivity index is 1.69. The molecule has 4 rings (SSSR count). The summed E-state index contributed by atoms with van der Waals surface area (Å²) in [4.78, 5) is 8.07. The molecule has 0 aliphatic heterocycles. The normalized spacial score (nSPS) is 13.0. The summed E-state index contributed by atoms with van der Waals surface area (Å²) in [5.74, 6) is 1.91. The third-order valence-electron chi connectivity index (χ3n) is 3.74. The molecule has 4 aromatic rings. The van der Waals surface area contributed by atoms with Crippen molar-refractivity contribution in [2.75, 3.05) is 5.32 Å². The third kappa shape index (κ3) is 2.48. The predicted octanol–water partition coefficient (Wildman–Crippen LogP) is 2.20. The Morgan fingerprint density at radius 2 is 2.00 bits per heavy atom. The molecule has 0 bridgehead atoms. The summed E-state index contributed by atoms with van der Waals surface area (Å²) in [6.45, 7) is 4.28. The van der Waals surface area contributed by atoms with Crippen LogP contribution in [0.3, 0.4) is 0 Å². The minimum absolute atomic E-state index is 0.00355. The monoisotopic (exact) mass is 308 g/mol. The molecule has 0 saturated carbocycles. The maximum atomic E-state index is 4.69. The van der Waals surface area contributed by atoms with Crippen LogP contribution in [0.2, 0.25) is 0 Å². The van der Waals surface area contributed by atoms with Gasteiger partial charge in [-0.15, -0.1) is 14.8 Å². The molecule has 0 fully saturated rings. The minimum atomic E-state index is 0.00355. The number of nitrogens with zero attached hydrogens (tertiary/aromatic N) is 6. The lowest BCUT2D eigenvalue weighted by Gasteiger charge is -2.20. The summed E-state index contributed by atoms with van der Waals surface area (Å²) < 4.78 is 1.40. The number of hydrogen-bond acceptors (Lipinski definition) is 6. The molecule has 0 radical (unpaired) electrons. The van der Waals surface area contributed by atoms with E-state index in [0.29, 0.717) is 17.4 Å². The molecule has 1 aromatic carbocycles. The Hall–Kier alpha value is -3.03. The number of aromatic nitrogens is 7. The van der Waals surface area contributed by atoms with Crippen LogP contribution in [-0.2, 0) is 0 Å². The predicted molar refractivity (Wildman–Crippen MR) is 85.9 cm³/mol. The molecule has 116 valence electrons. The molecule has 0 unspecified atom stereocenters. The van der Waals surface area contributed by atoms with E-state index >= 15 is 0 Å². The van der Waals surface area contributed by atoms with E-state index in [1.165, 1.54) is 4.63 Å². The summed E-state index contributed by atoms with van der Waals surface area (Å²) in [5.41, 5.74) is 2.60. The third-order valence-corrected chi connectivity index (χ3v) is 3.74. The van der Waals surface area contributed by atoms with Crippen molar-refractivity contribution in [3.8, 4) is 0 Å². The van der Waals surface area contributed by atoms with Gasteiger partial charge in [-0.05, 0) is 40.6 Å². The van der Waals surface area contributed by atoms with Crippen LogP contribution >= 0.6 is 0 Å². The highest BCUT2D eigenvalue weighted by molar-refractivity contribution is 5.74. The first kappa shape index (κ1) is 13.6. The quantitative estimate of drug-likeness (QED) is 0.600. The Bertz CT molecular complexity index is 921. The SMILES string of the molecule is CC(C)[C@@H](Nc1ccc2nnnn2n1)c1nc2ccccc2[nH]1. The highest BCUT2D eigenvalue weighted by atomic mass is 15.6. The zero-order valence-electron chi connectivity index (χ0n) is 12.8. The van der Waals surface area contributed by atoms with Crippen LogP contribution in [0.1, 0.15) is 25.7 Å². The number of rotatable bonds is 4. The van der Waals surface area contributed by atoms with E-state index in [9.17, 15) is 0 Å². The summed E-state index contributed by atoms with van der Waals surface area (Å²) in [5, 5.41) is 19.1. The van der Waals surface area contributed by atoms with Crippen LogP contribution in [0.4, 0.5) is 5.82 Å². The van der Waals surface area contributed by atoms with Gasteiger partial charge in [0.2, 0.25) is 0 Å². The maximum absolute atomic E-state index is 4.69. The first-order chi connectivity index (χ1) is 11.2. The van der Waals surface area contributed by atoms with Crippen molar-refractivity contribution < 1.29 is 0 Å². The minimum Gasteiger partial charge on any atom is -0.358 e. The number of hydrogen-bond donors (Lipinski definition) is 2. The Kier molecular flexibility index (Phi) is 3.14. The van der Waals surface area contributed by atoms with Crippen LogP contribution in [0.5, 0.6) is 0 Å². The van der Waals surface area contributed by atoms with Crippen LogP contribution in [0, 0.1) is 5.92 Å². The zero-order chi connectivity index (χ0) is 15.8. The van der Waals surface area contributed by atoms with Gasteiger partial charge < -0.3 is 10.3 Å². The number of imidazole rings is 1. The number of anilines is 1. The van der Waals surface area contributed by atoms with Gasteiger partial charge in [0.15, 0.2) is 5.65 Å². The summed E-state index contributed by atoms with van der Waals surface area (Å²) in [6.07, 6.45) is 0. The van der Waals surface area contributed by atoms with Crippen molar-refractivity contribution in [2.45, 2.75) is 19.9 Å². The van der Waals surface area contributed by atoms with E-state index in [4.69, 9.17) is 0 Å². The van der Waals surface area contributed by atoms with Gasteiger partial charge in [0, 0.05) is 0 Å². The standard InChI is InChI=1S/C15H16N8/c1-9(2)14(15-16-10-5-3-4-6-11(10)17-15)18-12-7-8-13-19-21-22-23(13)20-12/h3-9,14H,1-2H3,(H,16,17)(H,18,20)/t14-/m1/s1. The van der Waals surface area contributed by atoms with Crippen LogP contribution in [-0.4, -0.2) is 35.2 Å². The van der Waals surface area contributed by atoms with Crippen molar-refractivity contribution in [1.29, 1.82) is 0 Å². The van der Waals surface area contributed by atoms with Gasteiger partial charge in [0.25, 0.3) is 0 Å². The number of H-pyrrole nitrogens is 1. The maximum Gasteiger partial charge on any atom is 0.200 e. The molecule has 3 aromatic heterocycles. The summed E-state index contributed by atoms with van der Waals surface area (Å²) in [6, 6.07) is 11.7. The smallest absolute Gasteiger partial charge is 0.200 e. The highest BCUT2D eigenvalue weighted by Crippen LogP contribution is 2.25. The lowest BCUT2D eigenvalue weighted by molar-refractivity contribution is 0.523. The second kappa shape index (κ2) is 5.31. The van der Waals surface area contributed by atoms with Gasteiger partial charge in [-0.1, -0.05) is 26.0 Å². The molecule has 0 amide bonds. The van der Waals surface area contributed by atoms with Crippen molar-refractivity contribution in [3.63, 3.8) is 0 Å². The van der Waals surface area contributed by atoms with Gasteiger partial charge in [-0.25, -0.2) is 4.98 Å². The number of aromatic amines is 1. The molecule has 23 heavy (non-hydrogen) atoms. The van der Waals surface area contributed by atoms with Gasteiger partial charge in [-0.2, -0.15) is 0 Å². The molecule has 3 heterocycles. The van der Waals surface area contributed by atoms with Crippen LogP contribution < -0.4 is 5.32 Å². The molecule has 1 atom stereocenters. The summed E-state index contributed by atoms with van der Waals surface area (Å²) in [7, 11) is 0. The number of nitrogens with one attached hydrogen (secondary N) is 2. The molecule has 8 heteroatoms. The second-order valence-corrected chi connectivity index (χ2v) is 5.75. The van der Waals surface area contributed by atoms with Crippen molar-refractivity contribution in [2.24, 2.45) is 5.92 Å². The van der Waals surface area contributed by atoms with Crippen molar-refractivity contribution >= 4 is 22.5 Å². The average molecular weight is 308 g/mol.